The maximum atomic E-state index is 10.1. The molecule has 1 atom stereocenters. The predicted octanol–water partition coefficient (Wildman–Crippen LogP) is 4.49. The Labute approximate surface area is 158 Å². The molecule has 1 rings (SSSR count). The maximum absolute atomic E-state index is 10.1. The SMILES string of the molecule is COCCCCCCOc1ccc(C(O)OCCCCCCOC)cc1. The molecule has 5 nitrogen and oxygen atoms in total. The summed E-state index contributed by atoms with van der Waals surface area (Å²) in [5, 5.41) is 10.1. The Balaban J connectivity index is 2.11. The molecule has 0 bridgehead atoms. The van der Waals surface area contributed by atoms with Crippen molar-refractivity contribution in [3.05, 3.63) is 29.8 Å². The van der Waals surface area contributed by atoms with E-state index in [1.54, 1.807) is 14.2 Å². The van der Waals surface area contributed by atoms with E-state index < -0.39 is 6.29 Å². The molecule has 1 aromatic rings. The number of hydrogen-bond donors (Lipinski definition) is 1. The van der Waals surface area contributed by atoms with Gasteiger partial charge in [0.25, 0.3) is 0 Å². The molecule has 0 amide bonds. The van der Waals surface area contributed by atoms with Crippen LogP contribution in [-0.2, 0) is 14.2 Å². The first-order chi connectivity index (χ1) is 12.8. The van der Waals surface area contributed by atoms with Crippen LogP contribution >= 0.6 is 0 Å². The number of methoxy groups -OCH3 is 2. The average molecular weight is 369 g/mol. The number of hydrogen-bond acceptors (Lipinski definition) is 5. The van der Waals surface area contributed by atoms with Crippen LogP contribution in [0.15, 0.2) is 24.3 Å². The van der Waals surface area contributed by atoms with Gasteiger partial charge in [-0.3, -0.25) is 0 Å². The summed E-state index contributed by atoms with van der Waals surface area (Å²) in [7, 11) is 3.46. The summed E-state index contributed by atoms with van der Waals surface area (Å²) >= 11 is 0. The minimum atomic E-state index is -0.871. The first-order valence-electron chi connectivity index (χ1n) is 9.78. The van der Waals surface area contributed by atoms with E-state index in [9.17, 15) is 5.11 Å². The van der Waals surface area contributed by atoms with Crippen molar-refractivity contribution in [1.82, 2.24) is 0 Å². The molecule has 0 aliphatic carbocycles. The first-order valence-corrected chi connectivity index (χ1v) is 9.78. The highest BCUT2D eigenvalue weighted by Crippen LogP contribution is 2.19. The van der Waals surface area contributed by atoms with E-state index in [0.717, 1.165) is 69.5 Å². The fourth-order valence-electron chi connectivity index (χ4n) is 2.61. The molecular weight excluding hydrogens is 332 g/mol. The Morgan fingerprint density at radius 3 is 1.73 bits per heavy atom. The van der Waals surface area contributed by atoms with Crippen molar-refractivity contribution in [2.24, 2.45) is 0 Å². The Morgan fingerprint density at radius 2 is 1.19 bits per heavy atom. The highest BCUT2D eigenvalue weighted by Gasteiger charge is 2.07. The molecule has 0 fully saturated rings. The Hall–Kier alpha value is -1.14. The van der Waals surface area contributed by atoms with E-state index in [-0.39, 0.29) is 0 Å². The monoisotopic (exact) mass is 368 g/mol. The quantitative estimate of drug-likeness (QED) is 0.324. The van der Waals surface area contributed by atoms with Crippen LogP contribution in [0.4, 0.5) is 0 Å². The highest BCUT2D eigenvalue weighted by molar-refractivity contribution is 5.27. The lowest BCUT2D eigenvalue weighted by atomic mass is 10.2. The van der Waals surface area contributed by atoms with Gasteiger partial charge in [0, 0.05) is 33.0 Å². The van der Waals surface area contributed by atoms with E-state index in [1.165, 1.54) is 6.42 Å². The van der Waals surface area contributed by atoms with Crippen LogP contribution < -0.4 is 4.74 Å². The summed E-state index contributed by atoms with van der Waals surface area (Å²) in [6.07, 6.45) is 7.85. The second kappa shape index (κ2) is 16.1. The molecule has 0 aromatic heterocycles. The highest BCUT2D eigenvalue weighted by atomic mass is 16.6. The number of unbranched alkanes of at least 4 members (excludes halogenated alkanes) is 6. The Kier molecular flexibility index (Phi) is 14.1. The van der Waals surface area contributed by atoms with Crippen LogP contribution in [0.2, 0.25) is 0 Å². The first kappa shape index (κ1) is 22.9. The third-order valence-corrected chi connectivity index (χ3v) is 4.20. The fourth-order valence-corrected chi connectivity index (χ4v) is 2.61. The summed E-state index contributed by atoms with van der Waals surface area (Å²) in [6, 6.07) is 7.49. The van der Waals surface area contributed by atoms with Gasteiger partial charge in [0.15, 0.2) is 6.29 Å². The van der Waals surface area contributed by atoms with Gasteiger partial charge in [-0.1, -0.05) is 31.4 Å². The van der Waals surface area contributed by atoms with Crippen LogP contribution in [0.1, 0.15) is 63.2 Å². The Bertz CT molecular complexity index is 421. The second-order valence-electron chi connectivity index (χ2n) is 6.45. The molecule has 1 aromatic carbocycles. The molecule has 0 heterocycles. The van der Waals surface area contributed by atoms with Crippen molar-refractivity contribution in [3.63, 3.8) is 0 Å². The zero-order valence-electron chi connectivity index (χ0n) is 16.5. The molecule has 150 valence electrons. The topological polar surface area (TPSA) is 57.2 Å². The smallest absolute Gasteiger partial charge is 0.181 e. The van der Waals surface area contributed by atoms with Gasteiger partial charge < -0.3 is 24.1 Å². The Morgan fingerprint density at radius 1 is 0.692 bits per heavy atom. The molecule has 1 unspecified atom stereocenters. The summed E-state index contributed by atoms with van der Waals surface area (Å²) < 4.78 is 21.3. The fraction of sp³-hybridized carbons (Fsp3) is 0.714. The van der Waals surface area contributed by atoms with Crippen LogP contribution in [0, 0.1) is 0 Å². The molecule has 0 saturated carbocycles. The molecule has 0 radical (unpaired) electrons. The van der Waals surface area contributed by atoms with Crippen molar-refractivity contribution >= 4 is 0 Å². The number of rotatable bonds is 17. The van der Waals surface area contributed by atoms with E-state index in [4.69, 9.17) is 18.9 Å². The van der Waals surface area contributed by atoms with Crippen molar-refractivity contribution in [2.75, 3.05) is 40.6 Å². The van der Waals surface area contributed by atoms with Crippen molar-refractivity contribution in [2.45, 2.75) is 57.7 Å². The summed E-state index contributed by atoms with van der Waals surface area (Å²) in [4.78, 5) is 0. The number of benzene rings is 1. The molecule has 1 N–H and O–H groups in total. The average Bonchev–Trinajstić information content (AvgIpc) is 2.67. The molecule has 0 spiro atoms. The minimum absolute atomic E-state index is 0.565. The van der Waals surface area contributed by atoms with Crippen molar-refractivity contribution in [1.29, 1.82) is 0 Å². The third kappa shape index (κ3) is 11.5. The lowest BCUT2D eigenvalue weighted by molar-refractivity contribution is -0.104. The largest absolute Gasteiger partial charge is 0.494 e. The lowest BCUT2D eigenvalue weighted by Crippen LogP contribution is -2.05. The molecule has 0 saturated heterocycles. The summed E-state index contributed by atoms with van der Waals surface area (Å²) in [5.41, 5.74) is 0.760. The van der Waals surface area contributed by atoms with Crippen LogP contribution in [0.3, 0.4) is 0 Å². The molecular formula is C21H36O5. The molecule has 26 heavy (non-hydrogen) atoms. The van der Waals surface area contributed by atoms with Crippen LogP contribution in [0.5, 0.6) is 5.75 Å². The summed E-state index contributed by atoms with van der Waals surface area (Å²) in [6.45, 7) is 2.93. The van der Waals surface area contributed by atoms with Gasteiger partial charge in [0.2, 0.25) is 0 Å². The molecule has 0 aliphatic heterocycles. The van der Waals surface area contributed by atoms with Gasteiger partial charge in [-0.25, -0.2) is 0 Å². The minimum Gasteiger partial charge on any atom is -0.494 e. The zero-order valence-corrected chi connectivity index (χ0v) is 16.5. The standard InChI is InChI=1S/C21H36O5/c1-23-15-7-3-5-9-17-25-20-13-11-19(12-14-20)21(22)26-18-10-6-4-8-16-24-2/h11-14,21-22H,3-10,15-18H2,1-2H3. The van der Waals surface area contributed by atoms with Crippen molar-refractivity contribution < 1.29 is 24.1 Å². The van der Waals surface area contributed by atoms with Crippen LogP contribution in [-0.4, -0.2) is 45.8 Å². The number of ether oxygens (including phenoxy) is 4. The normalized spacial score (nSPS) is 12.3. The third-order valence-electron chi connectivity index (χ3n) is 4.20. The van der Waals surface area contributed by atoms with Gasteiger partial charge in [-0.2, -0.15) is 0 Å². The lowest BCUT2D eigenvalue weighted by Gasteiger charge is -2.13. The number of aliphatic hydroxyl groups is 1. The number of aliphatic hydroxyl groups excluding tert-OH is 1. The summed E-state index contributed by atoms with van der Waals surface area (Å²) in [5.74, 6) is 0.830. The van der Waals surface area contributed by atoms with E-state index in [1.807, 2.05) is 24.3 Å². The maximum Gasteiger partial charge on any atom is 0.181 e. The predicted molar refractivity (Wildman–Crippen MR) is 104 cm³/mol. The zero-order chi connectivity index (χ0) is 18.9. The molecule has 5 heteroatoms. The van der Waals surface area contributed by atoms with Crippen molar-refractivity contribution in [3.8, 4) is 5.75 Å². The molecule has 0 aliphatic rings. The van der Waals surface area contributed by atoms with Gasteiger partial charge in [0.05, 0.1) is 13.2 Å². The second-order valence-corrected chi connectivity index (χ2v) is 6.45. The van der Waals surface area contributed by atoms with Gasteiger partial charge in [-0.15, -0.1) is 0 Å². The van der Waals surface area contributed by atoms with Gasteiger partial charge >= 0.3 is 0 Å². The van der Waals surface area contributed by atoms with Crippen LogP contribution in [0.25, 0.3) is 0 Å². The van der Waals surface area contributed by atoms with E-state index in [0.29, 0.717) is 13.2 Å². The van der Waals surface area contributed by atoms with Gasteiger partial charge in [-0.05, 0) is 44.2 Å². The van der Waals surface area contributed by atoms with E-state index in [2.05, 4.69) is 0 Å². The van der Waals surface area contributed by atoms with E-state index >= 15 is 0 Å². The van der Waals surface area contributed by atoms with Gasteiger partial charge in [0.1, 0.15) is 5.75 Å².